The molecular formula is C13H19F2NO2. The van der Waals surface area contributed by atoms with Gasteiger partial charge in [-0.2, -0.15) is 8.78 Å². The van der Waals surface area contributed by atoms with Crippen molar-refractivity contribution in [3.8, 4) is 5.75 Å². The van der Waals surface area contributed by atoms with E-state index >= 15 is 0 Å². The molecule has 1 aromatic rings. The summed E-state index contributed by atoms with van der Waals surface area (Å²) in [5, 5.41) is 12.5. The highest BCUT2D eigenvalue weighted by atomic mass is 19.3. The zero-order valence-electron chi connectivity index (χ0n) is 10.6. The Hall–Kier alpha value is -1.20. The first-order valence-electron chi connectivity index (χ1n) is 5.92. The van der Waals surface area contributed by atoms with Gasteiger partial charge in [0.05, 0.1) is 12.6 Å². The highest BCUT2D eigenvalue weighted by Gasteiger charge is 2.11. The number of halogens is 2. The average molecular weight is 259 g/mol. The van der Waals surface area contributed by atoms with E-state index in [4.69, 9.17) is 0 Å². The molecule has 0 aliphatic heterocycles. The van der Waals surface area contributed by atoms with Gasteiger partial charge >= 0.3 is 6.61 Å². The Labute approximate surface area is 106 Å². The minimum atomic E-state index is -2.82. The zero-order chi connectivity index (χ0) is 13.5. The van der Waals surface area contributed by atoms with E-state index in [2.05, 4.69) is 23.9 Å². The Balaban J connectivity index is 2.63. The van der Waals surface area contributed by atoms with Crippen molar-refractivity contribution in [3.05, 3.63) is 29.8 Å². The van der Waals surface area contributed by atoms with Crippen LogP contribution in [0, 0.1) is 5.92 Å². The quantitative estimate of drug-likeness (QED) is 0.790. The fourth-order valence-electron chi connectivity index (χ4n) is 1.55. The Kier molecular flexibility index (Phi) is 6.01. The molecule has 0 bridgehead atoms. The number of benzene rings is 1. The van der Waals surface area contributed by atoms with E-state index in [1.807, 2.05) is 0 Å². The maximum absolute atomic E-state index is 12.0. The fourth-order valence-corrected chi connectivity index (χ4v) is 1.55. The summed E-state index contributed by atoms with van der Waals surface area (Å²) in [6.45, 7) is 2.06. The topological polar surface area (TPSA) is 41.5 Å². The Bertz CT molecular complexity index is 341. The van der Waals surface area contributed by atoms with Crippen molar-refractivity contribution >= 4 is 0 Å². The molecule has 0 spiro atoms. The van der Waals surface area contributed by atoms with Crippen LogP contribution in [0.4, 0.5) is 8.78 Å². The van der Waals surface area contributed by atoms with Crippen LogP contribution >= 0.6 is 0 Å². The van der Waals surface area contributed by atoms with E-state index in [0.29, 0.717) is 5.92 Å². The van der Waals surface area contributed by atoms with E-state index in [0.717, 1.165) is 12.1 Å². The van der Waals surface area contributed by atoms with Gasteiger partial charge in [-0.25, -0.2) is 0 Å². The molecular weight excluding hydrogens is 240 g/mol. The second-order valence-electron chi connectivity index (χ2n) is 4.48. The molecule has 0 aliphatic rings. The molecule has 18 heavy (non-hydrogen) atoms. The van der Waals surface area contributed by atoms with Crippen LogP contribution in [0.1, 0.15) is 25.5 Å². The SMILES string of the molecule is CC(C)CNC(CO)c1ccc(OC(F)F)cc1. The first-order valence-corrected chi connectivity index (χ1v) is 5.92. The predicted molar refractivity (Wildman–Crippen MR) is 65.7 cm³/mol. The second-order valence-corrected chi connectivity index (χ2v) is 4.48. The number of rotatable bonds is 7. The summed E-state index contributed by atoms with van der Waals surface area (Å²) < 4.78 is 28.2. The summed E-state index contributed by atoms with van der Waals surface area (Å²) in [4.78, 5) is 0. The molecule has 0 heterocycles. The molecule has 0 saturated carbocycles. The predicted octanol–water partition coefficient (Wildman–Crippen LogP) is 2.57. The lowest BCUT2D eigenvalue weighted by Crippen LogP contribution is -2.27. The minimum Gasteiger partial charge on any atom is -0.435 e. The molecule has 0 radical (unpaired) electrons. The summed E-state index contributed by atoms with van der Waals surface area (Å²) >= 11 is 0. The van der Waals surface area contributed by atoms with E-state index in [1.165, 1.54) is 12.1 Å². The standard InChI is InChI=1S/C13H19F2NO2/c1-9(2)7-16-12(8-17)10-3-5-11(6-4-10)18-13(14)15/h3-6,9,12-13,16-17H,7-8H2,1-2H3. The molecule has 0 aliphatic carbocycles. The summed E-state index contributed by atoms with van der Waals surface area (Å²) in [5.41, 5.74) is 0.847. The molecule has 3 nitrogen and oxygen atoms in total. The lowest BCUT2D eigenvalue weighted by molar-refractivity contribution is -0.0498. The molecule has 1 atom stereocenters. The monoisotopic (exact) mass is 259 g/mol. The molecule has 1 rings (SSSR count). The van der Waals surface area contributed by atoms with Crippen molar-refractivity contribution in [2.45, 2.75) is 26.5 Å². The molecule has 1 aromatic carbocycles. The molecule has 0 saturated heterocycles. The van der Waals surface area contributed by atoms with Crippen LogP contribution < -0.4 is 10.1 Å². The van der Waals surface area contributed by atoms with Crippen LogP contribution in [0.3, 0.4) is 0 Å². The normalized spacial score (nSPS) is 13.1. The van der Waals surface area contributed by atoms with Crippen molar-refractivity contribution < 1.29 is 18.6 Å². The highest BCUT2D eigenvalue weighted by Crippen LogP contribution is 2.19. The molecule has 5 heteroatoms. The van der Waals surface area contributed by atoms with Crippen LogP contribution in [0.25, 0.3) is 0 Å². The second kappa shape index (κ2) is 7.28. The maximum atomic E-state index is 12.0. The van der Waals surface area contributed by atoms with Gasteiger partial charge in [0.2, 0.25) is 0 Å². The lowest BCUT2D eigenvalue weighted by atomic mass is 10.1. The minimum absolute atomic E-state index is 0.0399. The molecule has 2 N–H and O–H groups in total. The Morgan fingerprint density at radius 1 is 1.22 bits per heavy atom. The van der Waals surface area contributed by atoms with E-state index in [9.17, 15) is 13.9 Å². The van der Waals surface area contributed by atoms with Gasteiger partial charge in [0, 0.05) is 0 Å². The van der Waals surface area contributed by atoms with Gasteiger partial charge in [0.1, 0.15) is 5.75 Å². The van der Waals surface area contributed by atoms with E-state index in [-0.39, 0.29) is 18.4 Å². The van der Waals surface area contributed by atoms with Gasteiger partial charge in [-0.3, -0.25) is 0 Å². The summed E-state index contributed by atoms with van der Waals surface area (Å²) in [7, 11) is 0. The molecule has 0 fully saturated rings. The van der Waals surface area contributed by atoms with Crippen molar-refractivity contribution in [2.75, 3.05) is 13.2 Å². The smallest absolute Gasteiger partial charge is 0.387 e. The van der Waals surface area contributed by atoms with Gasteiger partial charge in [-0.1, -0.05) is 26.0 Å². The van der Waals surface area contributed by atoms with Crippen LogP contribution in [-0.4, -0.2) is 24.9 Å². The summed E-state index contributed by atoms with van der Waals surface area (Å²) in [6, 6.07) is 6.10. The van der Waals surface area contributed by atoms with E-state index in [1.54, 1.807) is 12.1 Å². The van der Waals surface area contributed by atoms with Gasteiger partial charge in [-0.05, 0) is 30.2 Å². The van der Waals surface area contributed by atoms with Gasteiger partial charge in [0.25, 0.3) is 0 Å². The van der Waals surface area contributed by atoms with Gasteiger partial charge < -0.3 is 15.2 Å². The Morgan fingerprint density at radius 2 is 1.83 bits per heavy atom. The third-order valence-electron chi connectivity index (χ3n) is 2.46. The molecule has 102 valence electrons. The van der Waals surface area contributed by atoms with Crippen LogP contribution in [0.2, 0.25) is 0 Å². The summed E-state index contributed by atoms with van der Waals surface area (Å²) in [6.07, 6.45) is 0. The van der Waals surface area contributed by atoms with Gasteiger partial charge in [0.15, 0.2) is 0 Å². The summed E-state index contributed by atoms with van der Waals surface area (Å²) in [5.74, 6) is 0.592. The van der Waals surface area contributed by atoms with E-state index < -0.39 is 6.61 Å². The van der Waals surface area contributed by atoms with Crippen molar-refractivity contribution in [3.63, 3.8) is 0 Å². The number of hydrogen-bond donors (Lipinski definition) is 2. The maximum Gasteiger partial charge on any atom is 0.387 e. The van der Waals surface area contributed by atoms with Crippen LogP contribution in [-0.2, 0) is 0 Å². The number of alkyl halides is 2. The Morgan fingerprint density at radius 3 is 2.28 bits per heavy atom. The molecule has 0 aromatic heterocycles. The molecule has 1 unspecified atom stereocenters. The first kappa shape index (κ1) is 14.9. The third kappa shape index (κ3) is 4.98. The van der Waals surface area contributed by atoms with Crippen molar-refractivity contribution in [2.24, 2.45) is 5.92 Å². The number of nitrogens with one attached hydrogen (secondary N) is 1. The lowest BCUT2D eigenvalue weighted by Gasteiger charge is -2.18. The number of aliphatic hydroxyl groups excluding tert-OH is 1. The fraction of sp³-hybridized carbons (Fsp3) is 0.538. The third-order valence-corrected chi connectivity index (χ3v) is 2.46. The number of aliphatic hydroxyl groups is 1. The number of hydrogen-bond acceptors (Lipinski definition) is 3. The molecule has 0 amide bonds. The van der Waals surface area contributed by atoms with Crippen LogP contribution in [0.15, 0.2) is 24.3 Å². The van der Waals surface area contributed by atoms with Crippen molar-refractivity contribution in [1.82, 2.24) is 5.32 Å². The largest absolute Gasteiger partial charge is 0.435 e. The zero-order valence-corrected chi connectivity index (χ0v) is 10.6. The van der Waals surface area contributed by atoms with Gasteiger partial charge in [-0.15, -0.1) is 0 Å². The first-order chi connectivity index (χ1) is 8.52. The average Bonchev–Trinajstić information content (AvgIpc) is 2.31. The van der Waals surface area contributed by atoms with Crippen molar-refractivity contribution in [1.29, 1.82) is 0 Å². The highest BCUT2D eigenvalue weighted by molar-refractivity contribution is 5.29. The number of ether oxygens (including phenoxy) is 1. The van der Waals surface area contributed by atoms with Crippen LogP contribution in [0.5, 0.6) is 5.75 Å².